The number of anilines is 1. The van der Waals surface area contributed by atoms with Gasteiger partial charge in [-0.05, 0) is 19.1 Å². The molecule has 0 aromatic heterocycles. The molecule has 1 rings (SSSR count). The molecule has 0 unspecified atom stereocenters. The zero-order valence-corrected chi connectivity index (χ0v) is 7.15. The van der Waals surface area contributed by atoms with Gasteiger partial charge in [0.05, 0.1) is 5.16 Å². The van der Waals surface area contributed by atoms with Gasteiger partial charge in [0.15, 0.2) is 0 Å². The van der Waals surface area contributed by atoms with Crippen LogP contribution in [0.15, 0.2) is 36.0 Å². The van der Waals surface area contributed by atoms with Gasteiger partial charge in [-0.15, -0.1) is 0 Å². The van der Waals surface area contributed by atoms with Crippen LogP contribution in [0.1, 0.15) is 5.56 Å². The van der Waals surface area contributed by atoms with Crippen molar-refractivity contribution in [3.05, 3.63) is 41.6 Å². The van der Waals surface area contributed by atoms with Crippen molar-refractivity contribution in [2.75, 3.05) is 5.32 Å². The first-order valence-electron chi connectivity index (χ1n) is 3.36. The van der Waals surface area contributed by atoms with E-state index in [1.807, 2.05) is 31.2 Å². The normalized spacial score (nSPS) is 9.27. The molecule has 1 aromatic carbocycles. The Balaban J connectivity index is 2.74. The summed E-state index contributed by atoms with van der Waals surface area (Å²) in [6.07, 6.45) is 0. The first-order chi connectivity index (χ1) is 5.18. The van der Waals surface area contributed by atoms with Gasteiger partial charge in [-0.2, -0.15) is 0 Å². The Morgan fingerprint density at radius 3 is 2.36 bits per heavy atom. The van der Waals surface area contributed by atoms with E-state index in [0.29, 0.717) is 5.16 Å². The molecular weight excluding hydrogens is 158 g/mol. The summed E-state index contributed by atoms with van der Waals surface area (Å²) in [7, 11) is 0. The lowest BCUT2D eigenvalue weighted by atomic mass is 10.2. The molecule has 58 valence electrons. The van der Waals surface area contributed by atoms with E-state index in [-0.39, 0.29) is 0 Å². The molecule has 0 saturated heterocycles. The minimum absolute atomic E-state index is 0.439. The van der Waals surface area contributed by atoms with E-state index in [2.05, 4.69) is 11.9 Å². The zero-order valence-electron chi connectivity index (χ0n) is 6.39. The molecule has 0 radical (unpaired) electrons. The second kappa shape index (κ2) is 3.44. The molecule has 2 heteroatoms. The molecule has 0 saturated carbocycles. The van der Waals surface area contributed by atoms with E-state index in [0.717, 1.165) is 5.69 Å². The molecule has 0 spiro atoms. The third-order valence-electron chi connectivity index (χ3n) is 1.33. The maximum atomic E-state index is 5.55. The molecular formula is C9H10ClN. The van der Waals surface area contributed by atoms with Crippen molar-refractivity contribution in [1.29, 1.82) is 0 Å². The second-order valence-corrected chi connectivity index (χ2v) is 2.85. The van der Waals surface area contributed by atoms with E-state index in [9.17, 15) is 0 Å². The minimum Gasteiger partial charge on any atom is -0.347 e. The third kappa shape index (κ3) is 2.64. The van der Waals surface area contributed by atoms with Crippen LogP contribution in [-0.4, -0.2) is 0 Å². The Labute approximate surface area is 71.7 Å². The molecule has 0 fully saturated rings. The SMILES string of the molecule is C=C(Cl)Nc1ccc(C)cc1. The highest BCUT2D eigenvalue weighted by Crippen LogP contribution is 2.11. The minimum atomic E-state index is 0.439. The fourth-order valence-electron chi connectivity index (χ4n) is 0.794. The first kappa shape index (κ1) is 8.15. The average Bonchev–Trinajstić information content (AvgIpc) is 1.93. The smallest absolute Gasteiger partial charge is 0.0989 e. The lowest BCUT2D eigenvalue weighted by Crippen LogP contribution is -1.90. The van der Waals surface area contributed by atoms with Crippen LogP contribution in [-0.2, 0) is 0 Å². The van der Waals surface area contributed by atoms with Gasteiger partial charge in [-0.25, -0.2) is 0 Å². The number of halogens is 1. The van der Waals surface area contributed by atoms with Gasteiger partial charge < -0.3 is 5.32 Å². The number of hydrogen-bond acceptors (Lipinski definition) is 1. The predicted molar refractivity (Wildman–Crippen MR) is 49.8 cm³/mol. The van der Waals surface area contributed by atoms with E-state index in [1.54, 1.807) is 0 Å². The van der Waals surface area contributed by atoms with Gasteiger partial charge in [0, 0.05) is 5.69 Å². The van der Waals surface area contributed by atoms with E-state index >= 15 is 0 Å². The van der Waals surface area contributed by atoms with Crippen LogP contribution in [0.4, 0.5) is 5.69 Å². The van der Waals surface area contributed by atoms with Crippen LogP contribution in [0.2, 0.25) is 0 Å². The summed E-state index contributed by atoms with van der Waals surface area (Å²) in [5.41, 5.74) is 2.20. The molecule has 0 aliphatic rings. The van der Waals surface area contributed by atoms with Crippen LogP contribution >= 0.6 is 11.6 Å². The van der Waals surface area contributed by atoms with Gasteiger partial charge in [-0.1, -0.05) is 35.9 Å². The summed E-state index contributed by atoms with van der Waals surface area (Å²) >= 11 is 5.55. The Morgan fingerprint density at radius 2 is 1.91 bits per heavy atom. The van der Waals surface area contributed by atoms with E-state index in [1.165, 1.54) is 5.56 Å². The molecule has 0 bridgehead atoms. The summed E-state index contributed by atoms with van der Waals surface area (Å²) in [6, 6.07) is 7.95. The summed E-state index contributed by atoms with van der Waals surface area (Å²) in [4.78, 5) is 0. The average molecular weight is 168 g/mol. The summed E-state index contributed by atoms with van der Waals surface area (Å²) < 4.78 is 0. The van der Waals surface area contributed by atoms with Gasteiger partial charge in [-0.3, -0.25) is 0 Å². The van der Waals surface area contributed by atoms with Crippen LogP contribution in [0.3, 0.4) is 0 Å². The first-order valence-corrected chi connectivity index (χ1v) is 3.74. The fraction of sp³-hybridized carbons (Fsp3) is 0.111. The summed E-state index contributed by atoms with van der Waals surface area (Å²) in [5, 5.41) is 3.34. The molecule has 1 nitrogen and oxygen atoms in total. The third-order valence-corrected chi connectivity index (χ3v) is 1.43. The molecule has 0 aliphatic heterocycles. The molecule has 0 atom stereocenters. The van der Waals surface area contributed by atoms with Gasteiger partial charge in [0.1, 0.15) is 0 Å². The Hall–Kier alpha value is -0.950. The predicted octanol–water partition coefficient (Wildman–Crippen LogP) is 3.12. The van der Waals surface area contributed by atoms with Crippen molar-refractivity contribution in [2.24, 2.45) is 0 Å². The van der Waals surface area contributed by atoms with Crippen LogP contribution in [0.5, 0.6) is 0 Å². The van der Waals surface area contributed by atoms with Crippen molar-refractivity contribution in [2.45, 2.75) is 6.92 Å². The van der Waals surface area contributed by atoms with Crippen molar-refractivity contribution < 1.29 is 0 Å². The number of rotatable bonds is 2. The molecule has 1 N–H and O–H groups in total. The van der Waals surface area contributed by atoms with Crippen LogP contribution in [0, 0.1) is 6.92 Å². The van der Waals surface area contributed by atoms with E-state index in [4.69, 9.17) is 11.6 Å². The Bertz CT molecular complexity index is 251. The van der Waals surface area contributed by atoms with Gasteiger partial charge in [0.25, 0.3) is 0 Å². The highest BCUT2D eigenvalue weighted by atomic mass is 35.5. The largest absolute Gasteiger partial charge is 0.347 e. The summed E-state index contributed by atoms with van der Waals surface area (Å²) in [6.45, 7) is 5.57. The standard InChI is InChI=1S/C9H10ClN/c1-7-3-5-9(6-4-7)11-8(2)10/h3-6,11H,2H2,1H3. The van der Waals surface area contributed by atoms with Crippen molar-refractivity contribution >= 4 is 17.3 Å². The van der Waals surface area contributed by atoms with Gasteiger partial charge in [0.2, 0.25) is 0 Å². The van der Waals surface area contributed by atoms with Crippen molar-refractivity contribution in [3.63, 3.8) is 0 Å². The lowest BCUT2D eigenvalue weighted by Gasteiger charge is -2.02. The van der Waals surface area contributed by atoms with Gasteiger partial charge >= 0.3 is 0 Å². The number of hydrogen-bond donors (Lipinski definition) is 1. The number of nitrogens with one attached hydrogen (secondary N) is 1. The maximum absolute atomic E-state index is 5.55. The molecule has 0 aliphatic carbocycles. The number of aryl methyl sites for hydroxylation is 1. The highest BCUT2D eigenvalue weighted by Gasteiger charge is 1.90. The van der Waals surface area contributed by atoms with Crippen molar-refractivity contribution in [3.8, 4) is 0 Å². The monoisotopic (exact) mass is 167 g/mol. The molecule has 0 heterocycles. The quantitative estimate of drug-likeness (QED) is 0.668. The van der Waals surface area contributed by atoms with E-state index < -0.39 is 0 Å². The highest BCUT2D eigenvalue weighted by molar-refractivity contribution is 6.30. The van der Waals surface area contributed by atoms with Crippen LogP contribution in [0.25, 0.3) is 0 Å². The molecule has 1 aromatic rings. The summed E-state index contributed by atoms with van der Waals surface area (Å²) in [5.74, 6) is 0. The van der Waals surface area contributed by atoms with Crippen molar-refractivity contribution in [1.82, 2.24) is 0 Å². The maximum Gasteiger partial charge on any atom is 0.0989 e. The fourth-order valence-corrected chi connectivity index (χ4v) is 0.903. The topological polar surface area (TPSA) is 12.0 Å². The Kier molecular flexibility index (Phi) is 2.55. The molecule has 11 heavy (non-hydrogen) atoms. The zero-order chi connectivity index (χ0) is 8.27. The molecule has 0 amide bonds. The Morgan fingerprint density at radius 1 is 1.36 bits per heavy atom. The number of benzene rings is 1. The second-order valence-electron chi connectivity index (χ2n) is 2.40. The lowest BCUT2D eigenvalue weighted by molar-refractivity contribution is 1.45. The van der Waals surface area contributed by atoms with Crippen LogP contribution < -0.4 is 5.32 Å².